The SMILES string of the molecule is C[C@H](O)[C@H](CCOc1cccc(-c2csc(Cc3ccccc3)n2)c1)c1nc(C(N)=O)c[nH]1. The van der Waals surface area contributed by atoms with E-state index in [0.717, 1.165) is 28.4 Å². The molecular formula is C25H26N4O3S. The second-order valence-electron chi connectivity index (χ2n) is 7.84. The smallest absolute Gasteiger partial charge is 0.268 e. The minimum absolute atomic E-state index is 0.152. The highest BCUT2D eigenvalue weighted by Gasteiger charge is 2.22. The molecule has 7 nitrogen and oxygen atoms in total. The summed E-state index contributed by atoms with van der Waals surface area (Å²) in [5, 5.41) is 13.3. The summed E-state index contributed by atoms with van der Waals surface area (Å²) in [6.45, 7) is 2.06. The standard InChI is InChI=1S/C25H26N4O3S/c1-16(30)20(25-27-14-21(29-25)24(26)31)10-11-32-19-9-5-8-18(13-19)22-15-33-23(28-22)12-17-6-3-2-4-7-17/h2-9,13-16,20,30H,10-12H2,1H3,(H2,26,31)(H,27,29)/t16-,20-/m0/s1. The molecule has 2 atom stereocenters. The van der Waals surface area contributed by atoms with Crippen molar-refractivity contribution in [3.63, 3.8) is 0 Å². The van der Waals surface area contributed by atoms with Crippen LogP contribution in [0.15, 0.2) is 66.2 Å². The lowest BCUT2D eigenvalue weighted by atomic mass is 9.99. The van der Waals surface area contributed by atoms with Gasteiger partial charge in [-0.25, -0.2) is 9.97 Å². The van der Waals surface area contributed by atoms with Crippen LogP contribution >= 0.6 is 11.3 Å². The van der Waals surface area contributed by atoms with Crippen LogP contribution in [0.3, 0.4) is 0 Å². The van der Waals surface area contributed by atoms with Crippen molar-refractivity contribution in [3.05, 3.63) is 88.3 Å². The quantitative estimate of drug-likeness (QED) is 0.327. The van der Waals surface area contributed by atoms with Gasteiger partial charge in [-0.1, -0.05) is 42.5 Å². The Morgan fingerprint density at radius 2 is 2.00 bits per heavy atom. The number of carbonyl (C=O) groups excluding carboxylic acids is 1. The number of thiazole rings is 1. The summed E-state index contributed by atoms with van der Waals surface area (Å²) < 4.78 is 5.96. The van der Waals surface area contributed by atoms with E-state index in [1.807, 2.05) is 42.5 Å². The van der Waals surface area contributed by atoms with Gasteiger partial charge >= 0.3 is 0 Å². The molecule has 2 aromatic heterocycles. The van der Waals surface area contributed by atoms with Gasteiger partial charge in [-0.05, 0) is 31.0 Å². The van der Waals surface area contributed by atoms with Crippen LogP contribution in [0.25, 0.3) is 11.3 Å². The molecule has 0 bridgehead atoms. The maximum atomic E-state index is 11.3. The fourth-order valence-electron chi connectivity index (χ4n) is 3.60. The summed E-state index contributed by atoms with van der Waals surface area (Å²) >= 11 is 1.65. The molecule has 0 aliphatic heterocycles. The van der Waals surface area contributed by atoms with E-state index >= 15 is 0 Å². The second kappa shape index (κ2) is 10.4. The monoisotopic (exact) mass is 462 g/mol. The zero-order chi connectivity index (χ0) is 23.2. The Morgan fingerprint density at radius 3 is 2.73 bits per heavy atom. The topological polar surface area (TPSA) is 114 Å². The van der Waals surface area contributed by atoms with Gasteiger partial charge in [-0.2, -0.15) is 0 Å². The van der Waals surface area contributed by atoms with Gasteiger partial charge in [0, 0.05) is 29.5 Å². The first-order valence-corrected chi connectivity index (χ1v) is 11.6. The molecule has 33 heavy (non-hydrogen) atoms. The van der Waals surface area contributed by atoms with Crippen molar-refractivity contribution in [2.75, 3.05) is 6.61 Å². The maximum absolute atomic E-state index is 11.3. The molecule has 4 N–H and O–H groups in total. The molecule has 0 saturated carbocycles. The number of aromatic nitrogens is 3. The third-order valence-corrected chi connectivity index (χ3v) is 6.21. The van der Waals surface area contributed by atoms with Crippen LogP contribution in [0.5, 0.6) is 5.75 Å². The molecule has 0 radical (unpaired) electrons. The number of aliphatic hydroxyl groups is 1. The Kier molecular flexibility index (Phi) is 7.16. The largest absolute Gasteiger partial charge is 0.494 e. The highest BCUT2D eigenvalue weighted by atomic mass is 32.1. The Labute approximate surface area is 196 Å². The van der Waals surface area contributed by atoms with Gasteiger partial charge in [0.15, 0.2) is 0 Å². The zero-order valence-corrected chi connectivity index (χ0v) is 19.1. The summed E-state index contributed by atoms with van der Waals surface area (Å²) in [5.74, 6) is 0.334. The Hall–Kier alpha value is -3.49. The van der Waals surface area contributed by atoms with E-state index in [9.17, 15) is 9.90 Å². The van der Waals surface area contributed by atoms with Crippen molar-refractivity contribution in [3.8, 4) is 17.0 Å². The molecule has 0 saturated heterocycles. The van der Waals surface area contributed by atoms with E-state index in [0.29, 0.717) is 18.9 Å². The van der Waals surface area contributed by atoms with Gasteiger partial charge in [0.1, 0.15) is 17.3 Å². The summed E-state index contributed by atoms with van der Waals surface area (Å²) in [4.78, 5) is 23.2. The van der Waals surface area contributed by atoms with Crippen molar-refractivity contribution in [1.29, 1.82) is 0 Å². The van der Waals surface area contributed by atoms with Gasteiger partial charge in [0.25, 0.3) is 5.91 Å². The summed E-state index contributed by atoms with van der Waals surface area (Å²) in [5.41, 5.74) is 8.58. The zero-order valence-electron chi connectivity index (χ0n) is 18.3. The second-order valence-corrected chi connectivity index (χ2v) is 8.78. The number of aromatic amines is 1. The number of aliphatic hydroxyl groups excluding tert-OH is 1. The predicted molar refractivity (Wildman–Crippen MR) is 128 cm³/mol. The number of nitrogens with one attached hydrogen (secondary N) is 1. The van der Waals surface area contributed by atoms with Gasteiger partial charge in [-0.15, -0.1) is 11.3 Å². The van der Waals surface area contributed by atoms with Crippen LogP contribution < -0.4 is 10.5 Å². The third kappa shape index (κ3) is 5.85. The van der Waals surface area contributed by atoms with Crippen LogP contribution in [-0.2, 0) is 6.42 Å². The first-order chi connectivity index (χ1) is 16.0. The number of benzene rings is 2. The lowest BCUT2D eigenvalue weighted by molar-refractivity contribution is 0.0995. The van der Waals surface area contributed by atoms with Crippen LogP contribution in [0.2, 0.25) is 0 Å². The first-order valence-electron chi connectivity index (χ1n) is 10.7. The van der Waals surface area contributed by atoms with Gasteiger partial charge in [0.05, 0.1) is 23.4 Å². The summed E-state index contributed by atoms with van der Waals surface area (Å²) in [7, 11) is 0. The van der Waals surface area contributed by atoms with Crippen molar-refractivity contribution < 1.29 is 14.6 Å². The van der Waals surface area contributed by atoms with Crippen LogP contribution in [-0.4, -0.2) is 38.7 Å². The van der Waals surface area contributed by atoms with Crippen LogP contribution in [0, 0.1) is 0 Å². The van der Waals surface area contributed by atoms with E-state index in [-0.39, 0.29) is 11.6 Å². The number of amides is 1. The Bertz CT molecular complexity index is 1200. The number of rotatable bonds is 10. The van der Waals surface area contributed by atoms with Crippen molar-refractivity contribution in [2.45, 2.75) is 31.8 Å². The fourth-order valence-corrected chi connectivity index (χ4v) is 4.44. The number of ether oxygens (including phenoxy) is 1. The number of imidazole rings is 1. The van der Waals surface area contributed by atoms with Crippen LogP contribution in [0.1, 0.15) is 46.1 Å². The van der Waals surface area contributed by atoms with E-state index in [4.69, 9.17) is 15.5 Å². The Morgan fingerprint density at radius 1 is 1.18 bits per heavy atom. The highest BCUT2D eigenvalue weighted by Crippen LogP contribution is 2.27. The molecule has 0 spiro atoms. The molecule has 4 aromatic rings. The third-order valence-electron chi connectivity index (χ3n) is 5.36. The predicted octanol–water partition coefficient (Wildman–Crippen LogP) is 4.16. The normalized spacial score (nSPS) is 12.9. The van der Waals surface area contributed by atoms with E-state index in [1.54, 1.807) is 18.3 Å². The van der Waals surface area contributed by atoms with Gasteiger partial charge in [-0.3, -0.25) is 4.79 Å². The molecule has 8 heteroatoms. The first kappa shape index (κ1) is 22.7. The number of H-pyrrole nitrogens is 1. The minimum Gasteiger partial charge on any atom is -0.494 e. The lowest BCUT2D eigenvalue weighted by Gasteiger charge is -2.18. The average molecular weight is 463 g/mol. The molecule has 2 heterocycles. The van der Waals surface area contributed by atoms with Gasteiger partial charge in [0.2, 0.25) is 0 Å². The van der Waals surface area contributed by atoms with Crippen molar-refractivity contribution in [1.82, 2.24) is 15.0 Å². The molecule has 0 unspecified atom stereocenters. The molecule has 4 rings (SSSR count). The average Bonchev–Trinajstić information content (AvgIpc) is 3.48. The van der Waals surface area contributed by atoms with E-state index < -0.39 is 12.0 Å². The molecular weight excluding hydrogens is 436 g/mol. The lowest BCUT2D eigenvalue weighted by Crippen LogP contribution is -2.19. The number of nitrogens with two attached hydrogens (primary N) is 1. The number of carbonyl (C=O) groups is 1. The maximum Gasteiger partial charge on any atom is 0.268 e. The van der Waals surface area contributed by atoms with Crippen LogP contribution in [0.4, 0.5) is 0 Å². The number of hydrogen-bond acceptors (Lipinski definition) is 6. The van der Waals surface area contributed by atoms with Crippen molar-refractivity contribution in [2.24, 2.45) is 5.73 Å². The molecule has 2 aromatic carbocycles. The summed E-state index contributed by atoms with van der Waals surface area (Å²) in [6, 6.07) is 18.1. The number of nitrogens with zero attached hydrogens (tertiary/aromatic N) is 2. The molecule has 0 aliphatic rings. The minimum atomic E-state index is -0.662. The highest BCUT2D eigenvalue weighted by molar-refractivity contribution is 7.10. The number of primary amides is 1. The Balaban J connectivity index is 1.38. The molecule has 170 valence electrons. The van der Waals surface area contributed by atoms with E-state index in [1.165, 1.54) is 11.8 Å². The van der Waals surface area contributed by atoms with E-state index in [2.05, 4.69) is 27.5 Å². The molecule has 1 amide bonds. The molecule has 0 fully saturated rings. The summed E-state index contributed by atoms with van der Waals surface area (Å²) in [6.07, 6.45) is 2.13. The molecule has 0 aliphatic carbocycles. The number of hydrogen-bond donors (Lipinski definition) is 3. The van der Waals surface area contributed by atoms with Gasteiger partial charge < -0.3 is 20.6 Å². The van der Waals surface area contributed by atoms with Crippen molar-refractivity contribution >= 4 is 17.2 Å². The fraction of sp³-hybridized carbons (Fsp3) is 0.240.